The molecule has 0 saturated heterocycles. The number of nitrogens with one attached hydrogen (secondary N) is 1. The molecule has 1 atom stereocenters. The van der Waals surface area contributed by atoms with E-state index in [-0.39, 0.29) is 5.91 Å². The average Bonchev–Trinajstić information content (AvgIpc) is 2.86. The van der Waals surface area contributed by atoms with Crippen LogP contribution in [0.3, 0.4) is 0 Å². The minimum absolute atomic E-state index is 0.0963. The quantitative estimate of drug-likeness (QED) is 0.891. The number of carbonyl (C=O) groups excluding carboxylic acids is 1. The molecule has 0 radical (unpaired) electrons. The van der Waals surface area contributed by atoms with Crippen LogP contribution >= 0.6 is 0 Å². The summed E-state index contributed by atoms with van der Waals surface area (Å²) in [4.78, 5) is 16.8. The minimum atomic E-state index is -0.537. The first-order valence-electron chi connectivity index (χ1n) is 7.91. The molecule has 0 aromatic carbocycles. The monoisotopic (exact) mass is 315 g/mol. The van der Waals surface area contributed by atoms with Crippen LogP contribution in [0.15, 0.2) is 24.4 Å². The highest BCUT2D eigenvalue weighted by atomic mass is 16.3. The molecule has 2 N–H and O–H groups in total. The van der Waals surface area contributed by atoms with Crippen molar-refractivity contribution in [1.29, 1.82) is 0 Å². The van der Waals surface area contributed by atoms with E-state index in [0.717, 1.165) is 22.6 Å². The number of aryl methyl sites for hydroxylation is 1. The van der Waals surface area contributed by atoms with Gasteiger partial charge in [0.25, 0.3) is 5.91 Å². The zero-order valence-electron chi connectivity index (χ0n) is 14.4. The third kappa shape index (κ3) is 3.79. The summed E-state index contributed by atoms with van der Waals surface area (Å²) in [7, 11) is 0. The third-order valence-corrected chi connectivity index (χ3v) is 4.04. The summed E-state index contributed by atoms with van der Waals surface area (Å²) in [5.41, 5.74) is 4.03. The molecule has 5 heteroatoms. The Morgan fingerprint density at radius 3 is 2.48 bits per heavy atom. The number of aliphatic hydroxyl groups excluding tert-OH is 1. The molecule has 0 aliphatic carbocycles. The van der Waals surface area contributed by atoms with E-state index >= 15 is 0 Å². The Morgan fingerprint density at radius 2 is 1.96 bits per heavy atom. The number of hydrogen-bond acceptors (Lipinski definition) is 3. The highest BCUT2D eigenvalue weighted by Crippen LogP contribution is 2.17. The Hall–Kier alpha value is -2.14. The van der Waals surface area contributed by atoms with Gasteiger partial charge in [0.05, 0.1) is 23.9 Å². The van der Waals surface area contributed by atoms with Crippen LogP contribution in [-0.4, -0.2) is 20.6 Å². The molecule has 2 aromatic heterocycles. The number of rotatable bonds is 5. The Labute approximate surface area is 137 Å². The van der Waals surface area contributed by atoms with Crippen molar-refractivity contribution in [2.45, 2.75) is 53.3 Å². The lowest BCUT2D eigenvalue weighted by Gasteiger charge is -2.12. The molecule has 0 aliphatic rings. The molecule has 2 rings (SSSR count). The molecular weight excluding hydrogens is 290 g/mol. The van der Waals surface area contributed by atoms with Gasteiger partial charge in [-0.3, -0.25) is 9.78 Å². The van der Waals surface area contributed by atoms with Gasteiger partial charge >= 0.3 is 0 Å². The van der Waals surface area contributed by atoms with Crippen molar-refractivity contribution < 1.29 is 9.90 Å². The van der Waals surface area contributed by atoms with E-state index in [1.54, 1.807) is 6.92 Å². The summed E-state index contributed by atoms with van der Waals surface area (Å²) in [6.45, 7) is 10.1. The largest absolute Gasteiger partial charge is 0.389 e. The Kier molecular flexibility index (Phi) is 5.21. The topological polar surface area (TPSA) is 67.2 Å². The van der Waals surface area contributed by atoms with Crippen molar-refractivity contribution in [3.05, 3.63) is 52.6 Å². The lowest BCUT2D eigenvalue weighted by molar-refractivity contribution is 0.0949. The molecule has 1 unspecified atom stereocenters. The van der Waals surface area contributed by atoms with Crippen molar-refractivity contribution in [2.24, 2.45) is 0 Å². The maximum Gasteiger partial charge on any atom is 0.253 e. The minimum Gasteiger partial charge on any atom is -0.389 e. The highest BCUT2D eigenvalue weighted by Gasteiger charge is 2.14. The summed E-state index contributed by atoms with van der Waals surface area (Å²) < 4.78 is 2.08. The predicted molar refractivity (Wildman–Crippen MR) is 90.3 cm³/mol. The van der Waals surface area contributed by atoms with Crippen LogP contribution in [0, 0.1) is 13.8 Å². The van der Waals surface area contributed by atoms with E-state index in [1.807, 2.05) is 38.2 Å². The molecule has 0 aliphatic heterocycles. The van der Waals surface area contributed by atoms with Crippen LogP contribution in [0.1, 0.15) is 65.9 Å². The lowest BCUT2D eigenvalue weighted by Crippen LogP contribution is -2.24. The van der Waals surface area contributed by atoms with Crippen LogP contribution in [0.4, 0.5) is 0 Å². The van der Waals surface area contributed by atoms with Crippen molar-refractivity contribution in [3.63, 3.8) is 0 Å². The number of aliphatic hydroxyl groups is 1. The van der Waals surface area contributed by atoms with Gasteiger partial charge in [-0.1, -0.05) is 6.07 Å². The second-order valence-electron chi connectivity index (χ2n) is 6.15. The average molecular weight is 315 g/mol. The number of hydrogen-bond donors (Lipinski definition) is 2. The molecule has 0 saturated carbocycles. The Bertz CT molecular complexity index is 702. The van der Waals surface area contributed by atoms with Gasteiger partial charge in [-0.05, 0) is 46.8 Å². The van der Waals surface area contributed by atoms with Crippen LogP contribution in [0.25, 0.3) is 0 Å². The SMILES string of the molecule is Cc1nc(CNC(=O)c2ccn(C(C)C)c2C)ccc1C(C)O. The highest BCUT2D eigenvalue weighted by molar-refractivity contribution is 5.95. The van der Waals surface area contributed by atoms with Gasteiger partial charge in [0, 0.05) is 29.2 Å². The van der Waals surface area contributed by atoms with Crippen molar-refractivity contribution in [1.82, 2.24) is 14.9 Å². The number of nitrogens with zero attached hydrogens (tertiary/aromatic N) is 2. The fraction of sp³-hybridized carbons (Fsp3) is 0.444. The molecule has 124 valence electrons. The van der Waals surface area contributed by atoms with Crippen LogP contribution in [0.5, 0.6) is 0 Å². The van der Waals surface area contributed by atoms with Gasteiger partial charge in [0.1, 0.15) is 0 Å². The van der Waals surface area contributed by atoms with Gasteiger partial charge in [-0.2, -0.15) is 0 Å². The van der Waals surface area contributed by atoms with Gasteiger partial charge < -0.3 is 15.0 Å². The molecular formula is C18H25N3O2. The second kappa shape index (κ2) is 6.96. The molecule has 2 aromatic rings. The molecule has 23 heavy (non-hydrogen) atoms. The maximum atomic E-state index is 12.3. The first-order chi connectivity index (χ1) is 10.8. The number of aromatic nitrogens is 2. The van der Waals surface area contributed by atoms with Gasteiger partial charge in [-0.25, -0.2) is 0 Å². The molecule has 1 amide bonds. The molecule has 5 nitrogen and oxygen atoms in total. The van der Waals surface area contributed by atoms with Crippen molar-refractivity contribution in [3.8, 4) is 0 Å². The summed E-state index contributed by atoms with van der Waals surface area (Å²) >= 11 is 0. The second-order valence-corrected chi connectivity index (χ2v) is 6.15. The van der Waals surface area contributed by atoms with Crippen LogP contribution in [0.2, 0.25) is 0 Å². The van der Waals surface area contributed by atoms with Crippen LogP contribution < -0.4 is 5.32 Å². The number of pyridine rings is 1. The third-order valence-electron chi connectivity index (χ3n) is 4.04. The van der Waals surface area contributed by atoms with Crippen LogP contribution in [-0.2, 0) is 6.54 Å². The van der Waals surface area contributed by atoms with Crippen molar-refractivity contribution >= 4 is 5.91 Å². The van der Waals surface area contributed by atoms with Gasteiger partial charge in [-0.15, -0.1) is 0 Å². The molecule has 0 spiro atoms. The maximum absolute atomic E-state index is 12.3. The first kappa shape index (κ1) is 17.2. The van der Waals surface area contributed by atoms with E-state index in [4.69, 9.17) is 0 Å². The van der Waals surface area contributed by atoms with E-state index in [0.29, 0.717) is 18.2 Å². The standard InChI is InChI=1S/C18H25N3O2/c1-11(2)21-9-8-17(13(21)4)18(23)19-10-15-6-7-16(14(5)22)12(3)20-15/h6-9,11,14,22H,10H2,1-5H3,(H,19,23). The Morgan fingerprint density at radius 1 is 1.26 bits per heavy atom. The number of carbonyl (C=O) groups is 1. The van der Waals surface area contributed by atoms with E-state index in [2.05, 4.69) is 28.7 Å². The number of amides is 1. The summed E-state index contributed by atoms with van der Waals surface area (Å²) in [6, 6.07) is 5.87. The fourth-order valence-electron chi connectivity index (χ4n) is 2.76. The van der Waals surface area contributed by atoms with E-state index < -0.39 is 6.10 Å². The van der Waals surface area contributed by atoms with E-state index in [9.17, 15) is 9.90 Å². The summed E-state index contributed by atoms with van der Waals surface area (Å²) in [6.07, 6.45) is 1.40. The molecule has 0 fully saturated rings. The van der Waals surface area contributed by atoms with E-state index in [1.165, 1.54) is 0 Å². The van der Waals surface area contributed by atoms with Crippen molar-refractivity contribution in [2.75, 3.05) is 0 Å². The van der Waals surface area contributed by atoms with Gasteiger partial charge in [0.15, 0.2) is 0 Å². The lowest BCUT2D eigenvalue weighted by atomic mass is 10.1. The first-order valence-corrected chi connectivity index (χ1v) is 7.91. The zero-order chi connectivity index (χ0) is 17.1. The molecule has 0 bridgehead atoms. The zero-order valence-corrected chi connectivity index (χ0v) is 14.4. The summed E-state index contributed by atoms with van der Waals surface area (Å²) in [5, 5.41) is 12.5. The normalized spacial score (nSPS) is 12.5. The fourth-order valence-corrected chi connectivity index (χ4v) is 2.76. The smallest absolute Gasteiger partial charge is 0.253 e. The predicted octanol–water partition coefficient (Wildman–Crippen LogP) is 3.06. The van der Waals surface area contributed by atoms with Gasteiger partial charge in [0.2, 0.25) is 0 Å². The molecule has 2 heterocycles. The summed E-state index contributed by atoms with van der Waals surface area (Å²) in [5.74, 6) is -0.0963. The Balaban J connectivity index is 2.06.